The summed E-state index contributed by atoms with van der Waals surface area (Å²) in [6.07, 6.45) is 5.67. The largest absolute Gasteiger partial charge is 0.342 e. The van der Waals surface area contributed by atoms with Crippen molar-refractivity contribution in [1.82, 2.24) is 0 Å². The fourth-order valence-electron chi connectivity index (χ4n) is 1.23. The second kappa shape index (κ2) is 11.6. The van der Waals surface area contributed by atoms with Gasteiger partial charge in [0.05, 0.1) is 0 Å². The van der Waals surface area contributed by atoms with Crippen LogP contribution >= 0.6 is 0 Å². The van der Waals surface area contributed by atoms with Crippen LogP contribution in [0.4, 0.5) is 0 Å². The fraction of sp³-hybridized carbons (Fsp3) is 0.846. The van der Waals surface area contributed by atoms with Crippen molar-refractivity contribution >= 4 is 0 Å². The van der Waals surface area contributed by atoms with Crippen LogP contribution in [0.25, 0.3) is 0 Å². The fourth-order valence-corrected chi connectivity index (χ4v) is 1.23. The Morgan fingerprint density at radius 1 is 0.933 bits per heavy atom. The second-order valence-electron chi connectivity index (χ2n) is 3.37. The molecule has 2 nitrogen and oxygen atoms in total. The van der Waals surface area contributed by atoms with E-state index < -0.39 is 0 Å². The van der Waals surface area contributed by atoms with E-state index in [4.69, 9.17) is 9.47 Å². The van der Waals surface area contributed by atoms with Gasteiger partial charge in [-0.15, -0.1) is 0 Å². The molecule has 0 heterocycles. The summed E-state index contributed by atoms with van der Waals surface area (Å²) in [4.78, 5) is 0. The van der Waals surface area contributed by atoms with Crippen LogP contribution in [0.5, 0.6) is 0 Å². The molecular formula is C13H24O2. The molecule has 0 bridgehead atoms. The molecule has 0 aliphatic carbocycles. The highest BCUT2D eigenvalue weighted by Crippen LogP contribution is 2.01. The molecule has 88 valence electrons. The summed E-state index contributed by atoms with van der Waals surface area (Å²) in [5.74, 6) is 6.12. The van der Waals surface area contributed by atoms with Crippen LogP contribution in [-0.4, -0.2) is 19.5 Å². The van der Waals surface area contributed by atoms with Gasteiger partial charge in [0, 0.05) is 19.6 Å². The highest BCUT2D eigenvalue weighted by Gasteiger charge is 2.00. The normalized spacial score (nSPS) is 10.1. The molecule has 0 saturated carbocycles. The minimum absolute atomic E-state index is 0.328. The Kier molecular flexibility index (Phi) is 11.2. The van der Waals surface area contributed by atoms with Gasteiger partial charge < -0.3 is 9.47 Å². The van der Waals surface area contributed by atoms with E-state index in [1.165, 1.54) is 25.7 Å². The van der Waals surface area contributed by atoms with E-state index in [0.29, 0.717) is 13.2 Å². The van der Waals surface area contributed by atoms with Gasteiger partial charge in [0.2, 0.25) is 6.29 Å². The molecule has 0 unspecified atom stereocenters. The van der Waals surface area contributed by atoms with Gasteiger partial charge in [-0.3, -0.25) is 0 Å². The minimum Gasteiger partial charge on any atom is -0.342 e. The summed E-state index contributed by atoms with van der Waals surface area (Å²) >= 11 is 0. The number of hydrogen-bond donors (Lipinski definition) is 0. The maximum Gasteiger partial charge on any atom is 0.222 e. The molecule has 0 N–H and O–H groups in total. The van der Waals surface area contributed by atoms with Crippen molar-refractivity contribution in [2.75, 3.05) is 13.2 Å². The van der Waals surface area contributed by atoms with Crippen molar-refractivity contribution < 1.29 is 9.47 Å². The summed E-state index contributed by atoms with van der Waals surface area (Å²) in [6.45, 7) is 7.42. The van der Waals surface area contributed by atoms with Gasteiger partial charge in [-0.05, 0) is 26.2 Å². The van der Waals surface area contributed by atoms with Gasteiger partial charge in [-0.2, -0.15) is 0 Å². The smallest absolute Gasteiger partial charge is 0.222 e. The molecule has 0 aromatic carbocycles. The standard InChI is InChI=1S/C13H24O2/c1-4-7-8-9-10-11-12-13(14-5-2)15-6-3/h13H,4-10H2,1-3H3. The van der Waals surface area contributed by atoms with E-state index in [9.17, 15) is 0 Å². The summed E-state index contributed by atoms with van der Waals surface area (Å²) in [5.41, 5.74) is 0. The van der Waals surface area contributed by atoms with Crippen molar-refractivity contribution in [3.8, 4) is 11.8 Å². The van der Waals surface area contributed by atoms with Gasteiger partial charge in [0.1, 0.15) is 0 Å². The Morgan fingerprint density at radius 3 is 2.13 bits per heavy atom. The Labute approximate surface area is 94.3 Å². The molecule has 0 radical (unpaired) electrons. The molecular weight excluding hydrogens is 188 g/mol. The molecule has 0 amide bonds. The summed E-state index contributed by atoms with van der Waals surface area (Å²) < 4.78 is 10.6. The van der Waals surface area contributed by atoms with Gasteiger partial charge in [0.25, 0.3) is 0 Å². The van der Waals surface area contributed by atoms with Crippen molar-refractivity contribution in [2.24, 2.45) is 0 Å². The summed E-state index contributed by atoms with van der Waals surface area (Å²) in [6, 6.07) is 0. The average molecular weight is 212 g/mol. The zero-order chi connectivity index (χ0) is 11.4. The Morgan fingerprint density at radius 2 is 1.60 bits per heavy atom. The van der Waals surface area contributed by atoms with Gasteiger partial charge in [0.15, 0.2) is 0 Å². The lowest BCUT2D eigenvalue weighted by atomic mass is 10.2. The van der Waals surface area contributed by atoms with Crippen molar-refractivity contribution in [3.05, 3.63) is 0 Å². The third-order valence-corrected chi connectivity index (χ3v) is 2.01. The minimum atomic E-state index is -0.328. The van der Waals surface area contributed by atoms with Crippen LogP contribution in [0.3, 0.4) is 0 Å². The zero-order valence-electron chi connectivity index (χ0n) is 10.3. The molecule has 2 heteroatoms. The maximum atomic E-state index is 5.31. The number of ether oxygens (including phenoxy) is 2. The van der Waals surface area contributed by atoms with Gasteiger partial charge >= 0.3 is 0 Å². The Hall–Kier alpha value is -0.520. The monoisotopic (exact) mass is 212 g/mol. The quantitative estimate of drug-likeness (QED) is 0.349. The van der Waals surface area contributed by atoms with E-state index in [-0.39, 0.29) is 6.29 Å². The molecule has 0 aromatic rings. The van der Waals surface area contributed by atoms with Crippen molar-refractivity contribution in [1.29, 1.82) is 0 Å². The summed E-state index contributed by atoms with van der Waals surface area (Å²) in [5, 5.41) is 0. The van der Waals surface area contributed by atoms with Crippen LogP contribution in [0.2, 0.25) is 0 Å². The SMILES string of the molecule is CCCCCCC#CC(OCC)OCC. The van der Waals surface area contributed by atoms with Crippen LogP contribution in [0.15, 0.2) is 0 Å². The first-order valence-electron chi connectivity index (χ1n) is 6.06. The van der Waals surface area contributed by atoms with E-state index in [2.05, 4.69) is 18.8 Å². The first-order valence-corrected chi connectivity index (χ1v) is 6.06. The van der Waals surface area contributed by atoms with Gasteiger partial charge in [-0.25, -0.2) is 0 Å². The van der Waals surface area contributed by atoms with E-state index in [1.54, 1.807) is 0 Å². The molecule has 0 spiro atoms. The molecule has 0 aliphatic heterocycles. The molecule has 0 rings (SSSR count). The zero-order valence-corrected chi connectivity index (χ0v) is 10.3. The van der Waals surface area contributed by atoms with E-state index in [1.807, 2.05) is 13.8 Å². The van der Waals surface area contributed by atoms with Crippen LogP contribution < -0.4 is 0 Å². The molecule has 15 heavy (non-hydrogen) atoms. The van der Waals surface area contributed by atoms with Crippen LogP contribution in [0, 0.1) is 11.8 Å². The second-order valence-corrected chi connectivity index (χ2v) is 3.37. The molecule has 0 saturated heterocycles. The lowest BCUT2D eigenvalue weighted by Crippen LogP contribution is -2.14. The topological polar surface area (TPSA) is 18.5 Å². The van der Waals surface area contributed by atoms with Crippen molar-refractivity contribution in [3.63, 3.8) is 0 Å². The highest BCUT2D eigenvalue weighted by molar-refractivity contribution is 5.02. The van der Waals surface area contributed by atoms with Gasteiger partial charge in [-0.1, -0.05) is 32.1 Å². The number of hydrogen-bond acceptors (Lipinski definition) is 2. The summed E-state index contributed by atoms with van der Waals surface area (Å²) in [7, 11) is 0. The number of rotatable bonds is 8. The van der Waals surface area contributed by atoms with Crippen LogP contribution in [0.1, 0.15) is 52.9 Å². The third-order valence-electron chi connectivity index (χ3n) is 2.01. The Balaban J connectivity index is 3.59. The first-order chi connectivity index (χ1) is 7.35. The first kappa shape index (κ1) is 14.5. The molecule has 0 aliphatic rings. The maximum absolute atomic E-state index is 5.31. The third kappa shape index (κ3) is 9.78. The lowest BCUT2D eigenvalue weighted by Gasteiger charge is -2.09. The molecule has 0 aromatic heterocycles. The molecule has 0 atom stereocenters. The van der Waals surface area contributed by atoms with E-state index in [0.717, 1.165) is 6.42 Å². The predicted octanol–water partition coefficient (Wildman–Crippen LogP) is 3.36. The van der Waals surface area contributed by atoms with Crippen molar-refractivity contribution in [2.45, 2.75) is 59.2 Å². The average Bonchev–Trinajstić information content (AvgIpc) is 2.24. The predicted molar refractivity (Wildman–Crippen MR) is 63.6 cm³/mol. The van der Waals surface area contributed by atoms with Crippen LogP contribution in [-0.2, 0) is 9.47 Å². The molecule has 0 fully saturated rings. The highest BCUT2D eigenvalue weighted by atomic mass is 16.7. The van der Waals surface area contributed by atoms with E-state index >= 15 is 0 Å². The number of unbranched alkanes of at least 4 members (excludes halogenated alkanes) is 4. The lowest BCUT2D eigenvalue weighted by molar-refractivity contribution is -0.0970. The Bertz CT molecular complexity index is 173.